The van der Waals surface area contributed by atoms with E-state index in [1.165, 1.54) is 5.56 Å². The van der Waals surface area contributed by atoms with Crippen LogP contribution >= 0.6 is 0 Å². The Morgan fingerprint density at radius 3 is 2.81 bits per heavy atom. The van der Waals surface area contributed by atoms with Crippen molar-refractivity contribution in [2.45, 2.75) is 6.42 Å². The first-order chi connectivity index (χ1) is 10.3. The number of nitrogens with two attached hydrogens (primary N) is 1. The second-order valence-corrected chi connectivity index (χ2v) is 5.03. The van der Waals surface area contributed by atoms with Gasteiger partial charge in [-0.2, -0.15) is 0 Å². The zero-order valence-corrected chi connectivity index (χ0v) is 11.4. The highest BCUT2D eigenvalue weighted by molar-refractivity contribution is 5.69. The highest BCUT2D eigenvalue weighted by atomic mass is 16.5. The van der Waals surface area contributed by atoms with Crippen LogP contribution in [-0.2, 0) is 6.42 Å². The fourth-order valence-corrected chi connectivity index (χ4v) is 2.56. The number of fused-ring (bicyclic) bond motifs is 1. The lowest BCUT2D eigenvalue weighted by Gasteiger charge is -2.04. The van der Waals surface area contributed by atoms with Gasteiger partial charge < -0.3 is 10.5 Å². The summed E-state index contributed by atoms with van der Waals surface area (Å²) in [5, 5.41) is 8.45. The molecule has 5 nitrogen and oxygen atoms in total. The van der Waals surface area contributed by atoms with E-state index in [1.54, 1.807) is 4.68 Å². The number of aromatic nitrogens is 3. The van der Waals surface area contributed by atoms with E-state index >= 15 is 0 Å². The minimum Gasteiger partial charge on any atom is -0.492 e. The average molecular weight is 278 g/mol. The van der Waals surface area contributed by atoms with E-state index in [9.17, 15) is 0 Å². The van der Waals surface area contributed by atoms with Gasteiger partial charge >= 0.3 is 0 Å². The number of para-hydroxylation sites is 1. The minimum absolute atomic E-state index is 0.730. The number of rotatable bonds is 2. The maximum atomic E-state index is 5.72. The Morgan fingerprint density at radius 2 is 1.95 bits per heavy atom. The Bertz CT molecular complexity index is 792. The van der Waals surface area contributed by atoms with Crippen LogP contribution in [0.25, 0.3) is 16.9 Å². The lowest BCUT2D eigenvalue weighted by Crippen LogP contribution is -1.95. The molecule has 0 aliphatic carbocycles. The number of hydrogen-bond acceptors (Lipinski definition) is 4. The number of ether oxygens (including phenoxy) is 1. The van der Waals surface area contributed by atoms with Crippen molar-refractivity contribution in [2.24, 2.45) is 0 Å². The molecule has 3 aromatic rings. The molecule has 2 N–H and O–H groups in total. The summed E-state index contributed by atoms with van der Waals surface area (Å²) in [6.45, 7) is 0.735. The Labute approximate surface area is 122 Å². The summed E-state index contributed by atoms with van der Waals surface area (Å²) in [6.07, 6.45) is 2.86. The van der Waals surface area contributed by atoms with Gasteiger partial charge in [0.2, 0.25) is 0 Å². The van der Waals surface area contributed by atoms with Crippen molar-refractivity contribution in [3.63, 3.8) is 0 Å². The van der Waals surface area contributed by atoms with Crippen molar-refractivity contribution in [2.75, 3.05) is 12.3 Å². The number of hydrogen-bond donors (Lipinski definition) is 1. The Balaban J connectivity index is 1.75. The summed E-state index contributed by atoms with van der Waals surface area (Å²) in [5.74, 6) is 0.932. The first-order valence-electron chi connectivity index (χ1n) is 6.84. The Kier molecular flexibility index (Phi) is 2.64. The summed E-state index contributed by atoms with van der Waals surface area (Å²) in [7, 11) is 0. The van der Waals surface area contributed by atoms with E-state index in [-0.39, 0.29) is 0 Å². The smallest absolute Gasteiger partial charge is 0.132 e. The molecule has 0 atom stereocenters. The third kappa shape index (κ3) is 2.03. The molecule has 21 heavy (non-hydrogen) atoms. The lowest BCUT2D eigenvalue weighted by atomic mass is 10.1. The zero-order valence-electron chi connectivity index (χ0n) is 11.4. The summed E-state index contributed by atoms with van der Waals surface area (Å²) >= 11 is 0. The molecule has 0 radical (unpaired) electrons. The van der Waals surface area contributed by atoms with Gasteiger partial charge in [-0.15, -0.1) is 5.10 Å². The van der Waals surface area contributed by atoms with Crippen molar-refractivity contribution in [3.8, 4) is 22.7 Å². The minimum atomic E-state index is 0.730. The van der Waals surface area contributed by atoms with E-state index in [2.05, 4.69) is 16.4 Å². The summed E-state index contributed by atoms with van der Waals surface area (Å²) < 4.78 is 7.46. The van der Waals surface area contributed by atoms with Crippen molar-refractivity contribution in [1.82, 2.24) is 15.0 Å². The van der Waals surface area contributed by atoms with Gasteiger partial charge in [-0.3, -0.25) is 0 Å². The Hall–Kier alpha value is -2.82. The fraction of sp³-hybridized carbons (Fsp3) is 0.125. The molecule has 2 aromatic carbocycles. The summed E-state index contributed by atoms with van der Waals surface area (Å²) in [6, 6.07) is 13.7. The highest BCUT2D eigenvalue weighted by Gasteiger charge is 2.18. The fourth-order valence-electron chi connectivity index (χ4n) is 2.56. The second kappa shape index (κ2) is 4.63. The second-order valence-electron chi connectivity index (χ2n) is 5.03. The molecule has 2 heterocycles. The van der Waals surface area contributed by atoms with Gasteiger partial charge in [0.1, 0.15) is 11.4 Å². The van der Waals surface area contributed by atoms with Gasteiger partial charge in [0.15, 0.2) is 0 Å². The summed E-state index contributed by atoms with van der Waals surface area (Å²) in [4.78, 5) is 0. The van der Waals surface area contributed by atoms with Crippen LogP contribution in [0, 0.1) is 0 Å². The van der Waals surface area contributed by atoms with Gasteiger partial charge in [0.05, 0.1) is 18.5 Å². The molecular weight excluding hydrogens is 264 g/mol. The van der Waals surface area contributed by atoms with Gasteiger partial charge in [0.25, 0.3) is 0 Å². The standard InChI is InChI=1S/C16H14N4O/c17-12-4-6-13(7-5-12)20-10-15(18-19-20)14-3-1-2-11-8-9-21-16(11)14/h1-7,10H,8-9,17H2. The van der Waals surface area contributed by atoms with Gasteiger partial charge in [-0.25, -0.2) is 4.68 Å². The Morgan fingerprint density at radius 1 is 1.10 bits per heavy atom. The van der Waals surface area contributed by atoms with Crippen molar-refractivity contribution < 1.29 is 4.74 Å². The quantitative estimate of drug-likeness (QED) is 0.731. The molecule has 0 saturated heterocycles. The molecule has 0 amide bonds. The molecule has 1 aliphatic heterocycles. The topological polar surface area (TPSA) is 66.0 Å². The number of benzene rings is 2. The SMILES string of the molecule is Nc1ccc(-n2cc(-c3cccc4c3OCC4)nn2)cc1. The molecule has 5 heteroatoms. The van der Waals surface area contributed by atoms with E-state index < -0.39 is 0 Å². The van der Waals surface area contributed by atoms with E-state index in [0.29, 0.717) is 0 Å². The van der Waals surface area contributed by atoms with Crippen LogP contribution in [0.1, 0.15) is 5.56 Å². The van der Waals surface area contributed by atoms with Crippen LogP contribution in [0.3, 0.4) is 0 Å². The van der Waals surface area contributed by atoms with E-state index in [1.807, 2.05) is 42.6 Å². The first kappa shape index (κ1) is 12.0. The van der Waals surface area contributed by atoms with Crippen LogP contribution in [0.5, 0.6) is 5.75 Å². The molecule has 104 valence electrons. The summed E-state index contributed by atoms with van der Waals surface area (Å²) in [5.41, 5.74) is 10.4. The largest absolute Gasteiger partial charge is 0.492 e. The van der Waals surface area contributed by atoms with Gasteiger partial charge in [-0.05, 0) is 35.9 Å². The van der Waals surface area contributed by atoms with Gasteiger partial charge in [0, 0.05) is 17.7 Å². The number of nitrogen functional groups attached to an aromatic ring is 1. The molecule has 1 aliphatic rings. The number of nitrogens with zero attached hydrogens (tertiary/aromatic N) is 3. The molecule has 4 rings (SSSR count). The van der Waals surface area contributed by atoms with Crippen molar-refractivity contribution in [1.29, 1.82) is 0 Å². The first-order valence-corrected chi connectivity index (χ1v) is 6.84. The molecule has 1 aromatic heterocycles. The lowest BCUT2D eigenvalue weighted by molar-refractivity contribution is 0.358. The van der Waals surface area contributed by atoms with Crippen LogP contribution in [0.2, 0.25) is 0 Å². The normalized spacial score (nSPS) is 13.0. The van der Waals surface area contributed by atoms with Crippen LogP contribution in [-0.4, -0.2) is 21.6 Å². The highest BCUT2D eigenvalue weighted by Crippen LogP contribution is 2.35. The average Bonchev–Trinajstić information content (AvgIpc) is 3.16. The molecule has 0 bridgehead atoms. The van der Waals surface area contributed by atoms with Crippen LogP contribution in [0.15, 0.2) is 48.7 Å². The predicted molar refractivity (Wildman–Crippen MR) is 80.4 cm³/mol. The van der Waals surface area contributed by atoms with Crippen LogP contribution < -0.4 is 10.5 Å². The third-order valence-corrected chi connectivity index (χ3v) is 3.64. The third-order valence-electron chi connectivity index (χ3n) is 3.64. The zero-order chi connectivity index (χ0) is 14.2. The maximum absolute atomic E-state index is 5.72. The predicted octanol–water partition coefficient (Wildman–Crippen LogP) is 2.45. The molecular formula is C16H14N4O. The molecule has 0 spiro atoms. The number of anilines is 1. The monoisotopic (exact) mass is 278 g/mol. The maximum Gasteiger partial charge on any atom is 0.132 e. The molecule has 0 fully saturated rings. The van der Waals surface area contributed by atoms with Crippen LogP contribution in [0.4, 0.5) is 5.69 Å². The molecule has 0 unspecified atom stereocenters. The van der Waals surface area contributed by atoms with E-state index in [4.69, 9.17) is 10.5 Å². The molecule has 0 saturated carbocycles. The van der Waals surface area contributed by atoms with Crippen molar-refractivity contribution in [3.05, 3.63) is 54.2 Å². The van der Waals surface area contributed by atoms with Gasteiger partial charge in [-0.1, -0.05) is 17.3 Å². The van der Waals surface area contributed by atoms with Crippen molar-refractivity contribution >= 4 is 5.69 Å². The van der Waals surface area contributed by atoms with E-state index in [0.717, 1.165) is 41.4 Å².